The Hall–Kier alpha value is -2.12. The van der Waals surface area contributed by atoms with Crippen molar-refractivity contribution in [2.75, 3.05) is 19.6 Å². The first-order valence-electron chi connectivity index (χ1n) is 5.15. The fraction of sp³-hybridized carbons (Fsp3) is 0.250. The lowest BCUT2D eigenvalue weighted by atomic mass is 10.2. The zero-order valence-corrected chi connectivity index (χ0v) is 11.1. The summed E-state index contributed by atoms with van der Waals surface area (Å²) >= 11 is 6.04. The molecule has 0 aliphatic carbocycles. The molecule has 0 aliphatic heterocycles. The van der Waals surface area contributed by atoms with Crippen molar-refractivity contribution in [3.8, 4) is 12.1 Å². The van der Waals surface area contributed by atoms with Gasteiger partial charge in [0.15, 0.2) is 6.29 Å². The predicted octanol–water partition coefficient (Wildman–Crippen LogP) is 2.45. The van der Waals surface area contributed by atoms with Gasteiger partial charge in [-0.05, 0) is 18.2 Å². The first kappa shape index (κ1) is 14.9. The van der Waals surface area contributed by atoms with Gasteiger partial charge in [0.2, 0.25) is 5.71 Å². The molecule has 1 aromatic carbocycles. The molecule has 0 unspecified atom stereocenters. The second kappa shape index (κ2) is 7.34. The monoisotopic (exact) mass is 278 g/mol. The Labute approximate surface area is 115 Å². The van der Waals surface area contributed by atoms with Gasteiger partial charge in [-0.15, -0.1) is 0 Å². The minimum Gasteiger partial charge on any atom is -0.352 e. The molecular formula is C12H11ClN4O2. The summed E-state index contributed by atoms with van der Waals surface area (Å²) in [6.07, 6.45) is -0.607. The Morgan fingerprint density at radius 1 is 1.32 bits per heavy atom. The van der Waals surface area contributed by atoms with E-state index in [0.717, 1.165) is 0 Å². The summed E-state index contributed by atoms with van der Waals surface area (Å²) in [5, 5.41) is 21.2. The van der Waals surface area contributed by atoms with Crippen LogP contribution < -0.4 is 5.43 Å². The number of ether oxygens (including phenoxy) is 2. The normalized spacial score (nSPS) is 9.58. The zero-order valence-electron chi connectivity index (χ0n) is 10.3. The third-order valence-electron chi connectivity index (χ3n) is 2.19. The van der Waals surface area contributed by atoms with Gasteiger partial charge in [-0.1, -0.05) is 11.6 Å². The molecule has 0 heterocycles. The van der Waals surface area contributed by atoms with Crippen LogP contribution in [0.5, 0.6) is 0 Å². The van der Waals surface area contributed by atoms with Crippen molar-refractivity contribution in [1.82, 2.24) is 0 Å². The van der Waals surface area contributed by atoms with E-state index in [0.29, 0.717) is 16.3 Å². The lowest BCUT2D eigenvalue weighted by molar-refractivity contribution is -0.105. The quantitative estimate of drug-likeness (QED) is 0.507. The van der Waals surface area contributed by atoms with E-state index in [9.17, 15) is 0 Å². The molecule has 0 saturated heterocycles. The summed E-state index contributed by atoms with van der Waals surface area (Å²) < 4.78 is 10.2. The molecule has 0 saturated carbocycles. The Morgan fingerprint density at radius 3 is 2.47 bits per heavy atom. The van der Waals surface area contributed by atoms with Crippen LogP contribution in [0.4, 0.5) is 5.69 Å². The van der Waals surface area contributed by atoms with E-state index < -0.39 is 6.29 Å². The number of benzene rings is 1. The zero-order chi connectivity index (χ0) is 14.3. The van der Waals surface area contributed by atoms with Gasteiger partial charge in [0.05, 0.1) is 5.69 Å². The molecule has 1 rings (SSSR count). The SMILES string of the molecule is COC(OC)c1cc(NN=C(C#N)C#N)ccc1Cl. The standard InChI is InChI=1S/C12H11ClN4O2/c1-18-12(19-2)10-5-8(3-4-11(10)13)16-17-9(6-14)7-15/h3-5,12,16H,1-2H3. The molecule has 0 aliphatic rings. The van der Waals surface area contributed by atoms with Crippen LogP contribution in [0, 0.1) is 22.7 Å². The highest BCUT2D eigenvalue weighted by atomic mass is 35.5. The molecule has 0 bridgehead atoms. The van der Waals surface area contributed by atoms with Gasteiger partial charge in [0, 0.05) is 24.8 Å². The van der Waals surface area contributed by atoms with E-state index >= 15 is 0 Å². The number of nitriles is 2. The Bertz CT molecular complexity index is 540. The molecule has 6 nitrogen and oxygen atoms in total. The van der Waals surface area contributed by atoms with E-state index in [1.54, 1.807) is 30.3 Å². The number of hydrogen-bond donors (Lipinski definition) is 1. The molecule has 1 N–H and O–H groups in total. The van der Waals surface area contributed by atoms with E-state index in [4.69, 9.17) is 31.6 Å². The first-order valence-corrected chi connectivity index (χ1v) is 5.53. The van der Waals surface area contributed by atoms with E-state index in [2.05, 4.69) is 10.5 Å². The molecule has 0 radical (unpaired) electrons. The van der Waals surface area contributed by atoms with Gasteiger partial charge in [0.25, 0.3) is 0 Å². The van der Waals surface area contributed by atoms with Gasteiger partial charge in [-0.2, -0.15) is 15.6 Å². The Morgan fingerprint density at radius 2 is 1.95 bits per heavy atom. The van der Waals surface area contributed by atoms with Crippen molar-refractivity contribution in [3.05, 3.63) is 28.8 Å². The van der Waals surface area contributed by atoms with Crippen LogP contribution in [0.15, 0.2) is 23.3 Å². The average molecular weight is 279 g/mol. The van der Waals surface area contributed by atoms with Gasteiger partial charge in [-0.25, -0.2) is 0 Å². The summed E-state index contributed by atoms with van der Waals surface area (Å²) in [6, 6.07) is 8.24. The molecule has 0 fully saturated rings. The fourth-order valence-electron chi connectivity index (χ4n) is 1.34. The number of halogens is 1. The van der Waals surface area contributed by atoms with Crippen LogP contribution >= 0.6 is 11.6 Å². The second-order valence-corrected chi connectivity index (χ2v) is 3.74. The maximum absolute atomic E-state index is 8.56. The summed E-state index contributed by atoms with van der Waals surface area (Å²) in [4.78, 5) is 0. The maximum atomic E-state index is 8.56. The molecule has 0 aromatic heterocycles. The molecule has 0 atom stereocenters. The molecule has 98 valence electrons. The van der Waals surface area contributed by atoms with Crippen molar-refractivity contribution in [1.29, 1.82) is 10.5 Å². The third kappa shape index (κ3) is 3.94. The minimum atomic E-state index is -0.607. The number of anilines is 1. The van der Waals surface area contributed by atoms with Crippen molar-refractivity contribution in [3.63, 3.8) is 0 Å². The van der Waals surface area contributed by atoms with Crippen LogP contribution in [0.1, 0.15) is 11.9 Å². The minimum absolute atomic E-state index is 0.272. The Balaban J connectivity index is 3.01. The van der Waals surface area contributed by atoms with Gasteiger partial charge in [-0.3, -0.25) is 5.43 Å². The van der Waals surface area contributed by atoms with Gasteiger partial charge >= 0.3 is 0 Å². The largest absolute Gasteiger partial charge is 0.352 e. The maximum Gasteiger partial charge on any atom is 0.237 e. The van der Waals surface area contributed by atoms with Crippen LogP contribution in [-0.2, 0) is 9.47 Å². The van der Waals surface area contributed by atoms with Crippen LogP contribution in [0.3, 0.4) is 0 Å². The van der Waals surface area contributed by atoms with E-state index in [1.165, 1.54) is 14.2 Å². The summed E-state index contributed by atoms with van der Waals surface area (Å²) in [7, 11) is 2.98. The highest BCUT2D eigenvalue weighted by Gasteiger charge is 2.13. The lowest BCUT2D eigenvalue weighted by Gasteiger charge is -2.16. The van der Waals surface area contributed by atoms with Crippen LogP contribution in [0.25, 0.3) is 0 Å². The smallest absolute Gasteiger partial charge is 0.237 e. The van der Waals surface area contributed by atoms with Gasteiger partial charge in [0.1, 0.15) is 12.1 Å². The molecular weight excluding hydrogens is 268 g/mol. The lowest BCUT2D eigenvalue weighted by Crippen LogP contribution is -2.05. The summed E-state index contributed by atoms with van der Waals surface area (Å²) in [5.41, 5.74) is 3.49. The molecule has 1 aromatic rings. The fourth-order valence-corrected chi connectivity index (χ4v) is 1.55. The average Bonchev–Trinajstić information content (AvgIpc) is 2.44. The number of nitrogens with one attached hydrogen (secondary N) is 1. The molecule has 7 heteroatoms. The van der Waals surface area contributed by atoms with Crippen LogP contribution in [0.2, 0.25) is 5.02 Å². The molecule has 19 heavy (non-hydrogen) atoms. The third-order valence-corrected chi connectivity index (χ3v) is 2.53. The van der Waals surface area contributed by atoms with Crippen molar-refractivity contribution in [2.45, 2.75) is 6.29 Å². The van der Waals surface area contributed by atoms with Crippen molar-refractivity contribution >= 4 is 23.0 Å². The highest BCUT2D eigenvalue weighted by Crippen LogP contribution is 2.28. The predicted molar refractivity (Wildman–Crippen MR) is 70.5 cm³/mol. The van der Waals surface area contributed by atoms with Crippen molar-refractivity contribution < 1.29 is 9.47 Å². The van der Waals surface area contributed by atoms with E-state index in [1.807, 2.05) is 0 Å². The first-order chi connectivity index (χ1) is 9.15. The van der Waals surface area contributed by atoms with Crippen molar-refractivity contribution in [2.24, 2.45) is 5.10 Å². The van der Waals surface area contributed by atoms with E-state index in [-0.39, 0.29) is 5.71 Å². The molecule has 0 amide bonds. The Kier molecular flexibility index (Phi) is 5.77. The summed E-state index contributed by atoms with van der Waals surface area (Å²) in [5.74, 6) is 0. The molecule has 0 spiro atoms. The summed E-state index contributed by atoms with van der Waals surface area (Å²) in [6.45, 7) is 0. The number of methoxy groups -OCH3 is 2. The number of rotatable bonds is 5. The van der Waals surface area contributed by atoms with Gasteiger partial charge < -0.3 is 9.47 Å². The number of hydrazone groups is 1. The second-order valence-electron chi connectivity index (χ2n) is 3.34. The number of nitrogens with zero attached hydrogens (tertiary/aromatic N) is 3. The topological polar surface area (TPSA) is 90.4 Å². The number of hydrogen-bond acceptors (Lipinski definition) is 6. The highest BCUT2D eigenvalue weighted by molar-refractivity contribution is 6.31. The van der Waals surface area contributed by atoms with Crippen LogP contribution in [-0.4, -0.2) is 19.9 Å².